The van der Waals surface area contributed by atoms with Crippen molar-refractivity contribution >= 4 is 5.91 Å². The zero-order valence-electron chi connectivity index (χ0n) is 12.0. The number of amides is 1. The van der Waals surface area contributed by atoms with Gasteiger partial charge in [0.2, 0.25) is 0 Å². The monoisotopic (exact) mass is 273 g/mol. The fraction of sp³-hybridized carbons (Fsp3) is 0.588. The van der Waals surface area contributed by atoms with Gasteiger partial charge >= 0.3 is 0 Å². The predicted octanol–water partition coefficient (Wildman–Crippen LogP) is 3.15. The lowest BCUT2D eigenvalue weighted by Gasteiger charge is -2.25. The molecular formula is C17H23NO2. The van der Waals surface area contributed by atoms with E-state index in [0.29, 0.717) is 18.4 Å². The van der Waals surface area contributed by atoms with Gasteiger partial charge in [-0.15, -0.1) is 0 Å². The van der Waals surface area contributed by atoms with Gasteiger partial charge in [-0.25, -0.2) is 0 Å². The molecular weight excluding hydrogens is 250 g/mol. The Morgan fingerprint density at radius 3 is 2.70 bits per heavy atom. The van der Waals surface area contributed by atoms with Crippen LogP contribution in [-0.4, -0.2) is 18.1 Å². The lowest BCUT2D eigenvalue weighted by Crippen LogP contribution is -2.45. The van der Waals surface area contributed by atoms with E-state index in [4.69, 9.17) is 4.74 Å². The van der Waals surface area contributed by atoms with E-state index < -0.39 is 0 Å². The van der Waals surface area contributed by atoms with Crippen molar-refractivity contribution in [1.82, 2.24) is 5.32 Å². The minimum absolute atomic E-state index is 0.0499. The average Bonchev–Trinajstić information content (AvgIpc) is 3.08. The maximum Gasteiger partial charge on any atom is 0.261 e. The van der Waals surface area contributed by atoms with Crippen LogP contribution >= 0.6 is 0 Å². The highest BCUT2D eigenvalue weighted by Crippen LogP contribution is 2.44. The van der Waals surface area contributed by atoms with E-state index in [-0.39, 0.29) is 12.0 Å². The third kappa shape index (κ3) is 2.82. The molecule has 108 valence electrons. The minimum Gasteiger partial charge on any atom is -0.481 e. The maximum atomic E-state index is 12.4. The van der Waals surface area contributed by atoms with Crippen molar-refractivity contribution in [3.63, 3.8) is 0 Å². The van der Waals surface area contributed by atoms with Crippen LogP contribution in [0.3, 0.4) is 0 Å². The number of hydrogen-bond donors (Lipinski definition) is 1. The third-order valence-electron chi connectivity index (χ3n) is 4.75. The molecule has 3 heteroatoms. The van der Waals surface area contributed by atoms with Gasteiger partial charge in [0.1, 0.15) is 5.75 Å². The molecule has 0 saturated heterocycles. The Kier molecular flexibility index (Phi) is 3.95. The van der Waals surface area contributed by atoms with Crippen LogP contribution in [0.25, 0.3) is 0 Å². The molecule has 1 aromatic rings. The highest BCUT2D eigenvalue weighted by molar-refractivity contribution is 5.81. The molecule has 2 bridgehead atoms. The number of hydrogen-bond acceptors (Lipinski definition) is 2. The molecule has 2 aliphatic carbocycles. The third-order valence-corrected chi connectivity index (χ3v) is 4.75. The SMILES string of the molecule is CC[C@H](Oc1ccccc1)C(=O)N[C@H]1C[C@H]2CC[C@H]1C2. The molecule has 2 fully saturated rings. The molecule has 20 heavy (non-hydrogen) atoms. The van der Waals surface area contributed by atoms with Crippen LogP contribution in [0.4, 0.5) is 0 Å². The van der Waals surface area contributed by atoms with Crippen LogP contribution in [0.2, 0.25) is 0 Å². The second kappa shape index (κ2) is 5.86. The summed E-state index contributed by atoms with van der Waals surface area (Å²) >= 11 is 0. The van der Waals surface area contributed by atoms with Crippen molar-refractivity contribution in [3.05, 3.63) is 30.3 Å². The first-order valence-electron chi connectivity index (χ1n) is 7.78. The number of fused-ring (bicyclic) bond motifs is 2. The lowest BCUT2D eigenvalue weighted by molar-refractivity contribution is -0.129. The van der Waals surface area contributed by atoms with Crippen molar-refractivity contribution in [2.75, 3.05) is 0 Å². The minimum atomic E-state index is -0.378. The van der Waals surface area contributed by atoms with Crippen molar-refractivity contribution in [3.8, 4) is 5.75 Å². The first-order valence-corrected chi connectivity index (χ1v) is 7.78. The Bertz CT molecular complexity index is 459. The molecule has 0 spiro atoms. The summed E-state index contributed by atoms with van der Waals surface area (Å²) in [7, 11) is 0. The zero-order valence-corrected chi connectivity index (χ0v) is 12.0. The molecule has 0 radical (unpaired) electrons. The summed E-state index contributed by atoms with van der Waals surface area (Å²) in [6.07, 6.45) is 5.43. The van der Waals surface area contributed by atoms with Crippen LogP contribution in [-0.2, 0) is 4.79 Å². The van der Waals surface area contributed by atoms with E-state index in [1.807, 2.05) is 37.3 Å². The molecule has 0 aliphatic heterocycles. The Morgan fingerprint density at radius 2 is 2.10 bits per heavy atom. The molecule has 1 amide bonds. The summed E-state index contributed by atoms with van der Waals surface area (Å²) in [5.74, 6) is 2.37. The first-order chi connectivity index (χ1) is 9.76. The van der Waals surface area contributed by atoms with E-state index >= 15 is 0 Å². The molecule has 0 unspecified atom stereocenters. The van der Waals surface area contributed by atoms with Crippen LogP contribution in [0, 0.1) is 11.8 Å². The van der Waals surface area contributed by atoms with E-state index in [1.54, 1.807) is 0 Å². The molecule has 2 saturated carbocycles. The lowest BCUT2D eigenvalue weighted by atomic mass is 9.95. The Labute approximate surface area is 120 Å². The zero-order chi connectivity index (χ0) is 13.9. The van der Waals surface area contributed by atoms with Crippen molar-refractivity contribution < 1.29 is 9.53 Å². The molecule has 0 aromatic heterocycles. The number of carbonyl (C=O) groups is 1. The molecule has 0 heterocycles. The van der Waals surface area contributed by atoms with Crippen molar-refractivity contribution in [2.45, 2.75) is 51.2 Å². The predicted molar refractivity (Wildman–Crippen MR) is 78.5 cm³/mol. The van der Waals surface area contributed by atoms with Crippen molar-refractivity contribution in [1.29, 1.82) is 0 Å². The average molecular weight is 273 g/mol. The molecule has 1 N–H and O–H groups in total. The number of rotatable bonds is 5. The number of carbonyl (C=O) groups excluding carboxylic acids is 1. The molecule has 2 aliphatic rings. The van der Waals surface area contributed by atoms with Gasteiger partial charge in [0.15, 0.2) is 6.10 Å². The first kappa shape index (κ1) is 13.5. The number of ether oxygens (including phenoxy) is 1. The van der Waals surface area contributed by atoms with Crippen LogP contribution in [0.1, 0.15) is 39.0 Å². The summed E-state index contributed by atoms with van der Waals surface area (Å²) in [5, 5.41) is 3.22. The second-order valence-electron chi connectivity index (χ2n) is 6.12. The highest BCUT2D eigenvalue weighted by atomic mass is 16.5. The molecule has 4 atom stereocenters. The summed E-state index contributed by atoms with van der Waals surface area (Å²) in [5.41, 5.74) is 0. The Hall–Kier alpha value is -1.51. The van der Waals surface area contributed by atoms with E-state index in [2.05, 4.69) is 5.32 Å². The normalized spacial score (nSPS) is 29.1. The standard InChI is InChI=1S/C17H23NO2/c1-2-16(20-14-6-4-3-5-7-14)17(19)18-15-11-12-8-9-13(15)10-12/h3-7,12-13,15-16H,2,8-11H2,1H3,(H,18,19)/t12-,13-,15-,16-/m0/s1. The fourth-order valence-corrected chi connectivity index (χ4v) is 3.68. The van der Waals surface area contributed by atoms with Gasteiger partial charge in [-0.2, -0.15) is 0 Å². The fourth-order valence-electron chi connectivity index (χ4n) is 3.68. The van der Waals surface area contributed by atoms with E-state index in [0.717, 1.165) is 18.1 Å². The van der Waals surface area contributed by atoms with Crippen LogP contribution in [0.15, 0.2) is 30.3 Å². The summed E-state index contributed by atoms with van der Waals surface area (Å²) < 4.78 is 5.80. The van der Waals surface area contributed by atoms with Gasteiger partial charge in [0.05, 0.1) is 0 Å². The summed E-state index contributed by atoms with van der Waals surface area (Å²) in [6, 6.07) is 9.98. The van der Waals surface area contributed by atoms with Crippen LogP contribution in [0.5, 0.6) is 5.75 Å². The number of nitrogens with one attached hydrogen (secondary N) is 1. The van der Waals surface area contributed by atoms with Gasteiger partial charge < -0.3 is 10.1 Å². The summed E-state index contributed by atoms with van der Waals surface area (Å²) in [6.45, 7) is 1.99. The second-order valence-corrected chi connectivity index (χ2v) is 6.12. The molecule has 3 rings (SSSR count). The Balaban J connectivity index is 1.57. The quantitative estimate of drug-likeness (QED) is 0.895. The van der Waals surface area contributed by atoms with E-state index in [9.17, 15) is 4.79 Å². The van der Waals surface area contributed by atoms with Gasteiger partial charge in [0, 0.05) is 6.04 Å². The van der Waals surface area contributed by atoms with Crippen molar-refractivity contribution in [2.24, 2.45) is 11.8 Å². The number of para-hydroxylation sites is 1. The topological polar surface area (TPSA) is 38.3 Å². The van der Waals surface area contributed by atoms with Gasteiger partial charge in [-0.3, -0.25) is 4.79 Å². The van der Waals surface area contributed by atoms with Crippen LogP contribution < -0.4 is 10.1 Å². The largest absolute Gasteiger partial charge is 0.481 e. The van der Waals surface area contributed by atoms with Gasteiger partial charge in [0.25, 0.3) is 5.91 Å². The highest BCUT2D eigenvalue weighted by Gasteiger charge is 2.40. The van der Waals surface area contributed by atoms with E-state index in [1.165, 1.54) is 19.3 Å². The van der Waals surface area contributed by atoms with Gasteiger partial charge in [-0.05, 0) is 49.7 Å². The Morgan fingerprint density at radius 1 is 1.30 bits per heavy atom. The van der Waals surface area contributed by atoms with Gasteiger partial charge in [-0.1, -0.05) is 31.5 Å². The number of benzene rings is 1. The maximum absolute atomic E-state index is 12.4. The molecule has 3 nitrogen and oxygen atoms in total. The smallest absolute Gasteiger partial charge is 0.261 e. The molecule has 1 aromatic carbocycles. The summed E-state index contributed by atoms with van der Waals surface area (Å²) in [4.78, 5) is 12.4.